The second-order valence-corrected chi connectivity index (χ2v) is 7.30. The third-order valence-corrected chi connectivity index (χ3v) is 5.21. The maximum Gasteiger partial charge on any atom is 0.253 e. The van der Waals surface area contributed by atoms with Gasteiger partial charge < -0.3 is 19.1 Å². The van der Waals surface area contributed by atoms with Crippen molar-refractivity contribution in [2.45, 2.75) is 19.8 Å². The van der Waals surface area contributed by atoms with Gasteiger partial charge >= 0.3 is 0 Å². The lowest BCUT2D eigenvalue weighted by Crippen LogP contribution is -2.32. The Balaban J connectivity index is 1.72. The molecule has 1 aliphatic rings. The molecule has 0 aliphatic carbocycles. The van der Waals surface area contributed by atoms with Gasteiger partial charge in [0.25, 0.3) is 5.91 Å². The highest BCUT2D eigenvalue weighted by Gasteiger charge is 2.23. The third kappa shape index (κ3) is 4.37. The molecule has 0 spiro atoms. The van der Waals surface area contributed by atoms with Gasteiger partial charge in [-0.1, -0.05) is 42.5 Å². The van der Waals surface area contributed by atoms with Crippen molar-refractivity contribution in [1.29, 1.82) is 0 Å². The van der Waals surface area contributed by atoms with E-state index in [9.17, 15) is 4.79 Å². The molecular formula is C25H25NO4. The summed E-state index contributed by atoms with van der Waals surface area (Å²) < 4.78 is 16.2. The summed E-state index contributed by atoms with van der Waals surface area (Å²) >= 11 is 0. The Bertz CT molecular complexity index is 1050. The number of ether oxygens (including phenoxy) is 3. The lowest BCUT2D eigenvalue weighted by molar-refractivity contribution is -0.123. The molecule has 0 aromatic heterocycles. The Morgan fingerprint density at radius 3 is 2.53 bits per heavy atom. The highest BCUT2D eigenvalue weighted by Crippen LogP contribution is 2.32. The van der Waals surface area contributed by atoms with E-state index in [-0.39, 0.29) is 12.5 Å². The van der Waals surface area contributed by atoms with E-state index >= 15 is 0 Å². The molecule has 0 radical (unpaired) electrons. The van der Waals surface area contributed by atoms with Gasteiger partial charge in [0.05, 0.1) is 32.6 Å². The third-order valence-electron chi connectivity index (χ3n) is 5.21. The molecule has 1 amide bonds. The Kier molecular flexibility index (Phi) is 6.12. The quantitative estimate of drug-likeness (QED) is 0.605. The molecule has 0 atom stereocenters. The molecule has 30 heavy (non-hydrogen) atoms. The molecule has 154 valence electrons. The molecule has 1 heterocycles. The van der Waals surface area contributed by atoms with Gasteiger partial charge in [-0.3, -0.25) is 4.79 Å². The van der Waals surface area contributed by atoms with Gasteiger partial charge in [-0.15, -0.1) is 0 Å². The van der Waals surface area contributed by atoms with Gasteiger partial charge in [-0.05, 0) is 46.5 Å². The fraction of sp³-hybridized carbons (Fsp3) is 0.240. The van der Waals surface area contributed by atoms with Crippen LogP contribution in [0, 0.1) is 0 Å². The van der Waals surface area contributed by atoms with E-state index in [1.54, 1.807) is 19.1 Å². The molecule has 0 saturated heterocycles. The van der Waals surface area contributed by atoms with Gasteiger partial charge in [0.1, 0.15) is 12.4 Å². The van der Waals surface area contributed by atoms with Crippen LogP contribution in [-0.2, 0) is 34.0 Å². The molecule has 1 aliphatic heterocycles. The summed E-state index contributed by atoms with van der Waals surface area (Å²) in [7, 11) is 3.33. The molecule has 0 bridgehead atoms. The molecule has 4 rings (SSSR count). The highest BCUT2D eigenvalue weighted by atomic mass is 16.5. The van der Waals surface area contributed by atoms with Crippen molar-refractivity contribution in [2.75, 3.05) is 25.7 Å². The average molecular weight is 403 g/mol. The molecule has 0 fully saturated rings. The van der Waals surface area contributed by atoms with E-state index < -0.39 is 0 Å². The second kappa shape index (κ2) is 9.11. The first-order valence-electron chi connectivity index (χ1n) is 9.90. The first-order chi connectivity index (χ1) is 14.7. The number of rotatable bonds is 6. The predicted molar refractivity (Wildman–Crippen MR) is 116 cm³/mol. The molecule has 3 aromatic rings. The summed E-state index contributed by atoms with van der Waals surface area (Å²) in [5, 5.41) is 0. The van der Waals surface area contributed by atoms with Crippen molar-refractivity contribution in [3.63, 3.8) is 0 Å². The number of carbonyl (C=O) groups excluding carboxylic acids is 1. The van der Waals surface area contributed by atoms with Crippen molar-refractivity contribution < 1.29 is 19.0 Å². The van der Waals surface area contributed by atoms with E-state index in [2.05, 4.69) is 24.3 Å². The van der Waals surface area contributed by atoms with Crippen LogP contribution in [-0.4, -0.2) is 26.7 Å². The summed E-state index contributed by atoms with van der Waals surface area (Å²) in [6.07, 6.45) is 0. The predicted octanol–water partition coefficient (Wildman–Crippen LogP) is 4.57. The normalized spacial score (nSPS) is 13.7. The van der Waals surface area contributed by atoms with Crippen LogP contribution in [0.15, 0.2) is 66.7 Å². The van der Waals surface area contributed by atoms with Crippen molar-refractivity contribution >= 4 is 11.6 Å². The summed E-state index contributed by atoms with van der Waals surface area (Å²) in [6, 6.07) is 22.2. The van der Waals surface area contributed by atoms with Crippen molar-refractivity contribution in [3.05, 3.63) is 83.4 Å². The number of carbonyl (C=O) groups is 1. The van der Waals surface area contributed by atoms with E-state index in [1.165, 1.54) is 0 Å². The Morgan fingerprint density at radius 1 is 0.900 bits per heavy atom. The van der Waals surface area contributed by atoms with Crippen LogP contribution in [0.1, 0.15) is 16.7 Å². The maximum atomic E-state index is 12.9. The lowest BCUT2D eigenvalue weighted by atomic mass is 10.00. The number of benzene rings is 3. The zero-order chi connectivity index (χ0) is 20.9. The molecule has 5 nitrogen and oxygen atoms in total. The van der Waals surface area contributed by atoms with Crippen LogP contribution in [0.2, 0.25) is 0 Å². The number of hydrogen-bond acceptors (Lipinski definition) is 4. The van der Waals surface area contributed by atoms with Crippen LogP contribution in [0.3, 0.4) is 0 Å². The Morgan fingerprint density at radius 2 is 1.70 bits per heavy atom. The van der Waals surface area contributed by atoms with E-state index in [0.717, 1.165) is 39.3 Å². The van der Waals surface area contributed by atoms with Crippen molar-refractivity contribution in [3.8, 4) is 16.9 Å². The lowest BCUT2D eigenvalue weighted by Gasteiger charge is -2.23. The van der Waals surface area contributed by atoms with Crippen LogP contribution in [0.4, 0.5) is 5.69 Å². The standard InChI is InChI=1S/C25H25NO4/c1-28-15-19-6-3-7-20(11-19)21-9-10-22-16-30-17-25(27)26(24(22)13-21)14-18-5-4-8-23(12-18)29-2/h3-13H,14-17H2,1-2H3. The maximum absolute atomic E-state index is 12.9. The van der Waals surface area contributed by atoms with Crippen molar-refractivity contribution in [2.24, 2.45) is 0 Å². The molecule has 0 saturated carbocycles. The summed E-state index contributed by atoms with van der Waals surface area (Å²) in [4.78, 5) is 14.7. The van der Waals surface area contributed by atoms with Gasteiger partial charge in [-0.25, -0.2) is 0 Å². The second-order valence-electron chi connectivity index (χ2n) is 7.30. The zero-order valence-corrected chi connectivity index (χ0v) is 17.3. The van der Waals surface area contributed by atoms with E-state index in [1.807, 2.05) is 42.5 Å². The summed E-state index contributed by atoms with van der Waals surface area (Å²) in [5.41, 5.74) is 6.14. The van der Waals surface area contributed by atoms with Crippen LogP contribution < -0.4 is 9.64 Å². The van der Waals surface area contributed by atoms with Crippen LogP contribution in [0.25, 0.3) is 11.1 Å². The Hall–Kier alpha value is -3.15. The average Bonchev–Trinajstić information content (AvgIpc) is 2.93. The smallest absolute Gasteiger partial charge is 0.253 e. The van der Waals surface area contributed by atoms with Crippen LogP contribution in [0.5, 0.6) is 5.75 Å². The number of hydrogen-bond donors (Lipinski definition) is 0. The first kappa shape index (κ1) is 20.1. The highest BCUT2D eigenvalue weighted by molar-refractivity contribution is 5.96. The summed E-state index contributed by atoms with van der Waals surface area (Å²) in [6.45, 7) is 1.50. The molecule has 5 heteroatoms. The molecular weight excluding hydrogens is 378 g/mol. The monoisotopic (exact) mass is 403 g/mol. The zero-order valence-electron chi connectivity index (χ0n) is 17.3. The minimum atomic E-state index is -0.0538. The van der Waals surface area contributed by atoms with Gasteiger partial charge in [0.15, 0.2) is 0 Å². The summed E-state index contributed by atoms with van der Waals surface area (Å²) in [5.74, 6) is 0.719. The molecule has 0 N–H and O–H groups in total. The van der Waals surface area contributed by atoms with Crippen LogP contribution >= 0.6 is 0 Å². The van der Waals surface area contributed by atoms with Crippen molar-refractivity contribution in [1.82, 2.24) is 0 Å². The number of fused-ring (bicyclic) bond motifs is 1. The van der Waals surface area contributed by atoms with E-state index in [4.69, 9.17) is 14.2 Å². The molecule has 0 unspecified atom stereocenters. The largest absolute Gasteiger partial charge is 0.497 e. The van der Waals surface area contributed by atoms with Gasteiger partial charge in [0.2, 0.25) is 0 Å². The fourth-order valence-electron chi connectivity index (χ4n) is 3.71. The molecule has 3 aromatic carbocycles. The number of amides is 1. The SMILES string of the molecule is COCc1cccc(-c2ccc3c(c2)N(Cc2cccc(OC)c2)C(=O)COC3)c1. The topological polar surface area (TPSA) is 48.0 Å². The van der Waals surface area contributed by atoms with E-state index in [0.29, 0.717) is 19.8 Å². The van der Waals surface area contributed by atoms with Gasteiger partial charge in [-0.2, -0.15) is 0 Å². The fourth-order valence-corrected chi connectivity index (χ4v) is 3.71. The number of anilines is 1. The minimum absolute atomic E-state index is 0.0538. The van der Waals surface area contributed by atoms with Gasteiger partial charge in [0, 0.05) is 12.7 Å². The number of nitrogens with zero attached hydrogens (tertiary/aromatic N) is 1. The minimum Gasteiger partial charge on any atom is -0.497 e. The first-order valence-corrected chi connectivity index (χ1v) is 9.90. The Labute approximate surface area is 176 Å². The number of methoxy groups -OCH3 is 2.